The molecule has 0 radical (unpaired) electrons. The summed E-state index contributed by atoms with van der Waals surface area (Å²) in [5.74, 6) is 0.930. The van der Waals surface area contributed by atoms with E-state index in [0.717, 1.165) is 23.5 Å². The molecule has 3 rings (SSSR count). The Balaban J connectivity index is 1.64. The van der Waals surface area contributed by atoms with Gasteiger partial charge in [-0.3, -0.25) is 0 Å². The van der Waals surface area contributed by atoms with Gasteiger partial charge >= 0.3 is 6.09 Å². The number of halogens is 1. The molecule has 1 saturated carbocycles. The zero-order chi connectivity index (χ0) is 14.8. The van der Waals surface area contributed by atoms with E-state index in [1.54, 1.807) is 6.20 Å². The molecule has 2 aromatic rings. The van der Waals surface area contributed by atoms with Crippen molar-refractivity contribution >= 4 is 29.2 Å². The van der Waals surface area contributed by atoms with Gasteiger partial charge < -0.3 is 15.8 Å². The van der Waals surface area contributed by atoms with Crippen molar-refractivity contribution in [2.75, 3.05) is 5.32 Å². The van der Waals surface area contributed by atoms with Gasteiger partial charge in [-0.05, 0) is 36.2 Å². The number of pyridine rings is 1. The number of ether oxygens (including phenoxy) is 1. The van der Waals surface area contributed by atoms with Crippen LogP contribution in [0.25, 0.3) is 0 Å². The van der Waals surface area contributed by atoms with Crippen LogP contribution >= 0.6 is 11.6 Å². The second-order valence-electron chi connectivity index (χ2n) is 4.93. The van der Waals surface area contributed by atoms with E-state index in [0.29, 0.717) is 5.02 Å². The second-order valence-corrected chi connectivity index (χ2v) is 5.37. The number of amides is 1. The molecule has 0 spiro atoms. The van der Waals surface area contributed by atoms with Gasteiger partial charge in [-0.15, -0.1) is 0 Å². The summed E-state index contributed by atoms with van der Waals surface area (Å²) in [6.45, 7) is 0. The van der Waals surface area contributed by atoms with Gasteiger partial charge in [0.2, 0.25) is 0 Å². The van der Waals surface area contributed by atoms with Crippen molar-refractivity contribution < 1.29 is 9.53 Å². The first-order valence-electron chi connectivity index (χ1n) is 6.56. The molecule has 2 unspecified atom stereocenters. The number of primary amides is 1. The summed E-state index contributed by atoms with van der Waals surface area (Å²) in [5.41, 5.74) is 6.92. The van der Waals surface area contributed by atoms with Crippen LogP contribution in [0.2, 0.25) is 5.02 Å². The number of hydrogen-bond acceptors (Lipinski definition) is 4. The van der Waals surface area contributed by atoms with E-state index < -0.39 is 6.09 Å². The van der Waals surface area contributed by atoms with E-state index in [4.69, 9.17) is 22.1 Å². The number of nitrogens with zero attached hydrogens (tertiary/aromatic N) is 1. The van der Waals surface area contributed by atoms with Crippen LogP contribution in [-0.2, 0) is 4.74 Å². The van der Waals surface area contributed by atoms with Crippen molar-refractivity contribution in [3.63, 3.8) is 0 Å². The minimum atomic E-state index is -0.727. The van der Waals surface area contributed by atoms with Crippen LogP contribution in [0.4, 0.5) is 16.3 Å². The molecule has 5 nitrogen and oxygen atoms in total. The number of hydrogen-bond donors (Lipinski definition) is 2. The third-order valence-corrected chi connectivity index (χ3v) is 3.55. The number of carbonyl (C=O) groups is 1. The molecule has 1 heterocycles. The Morgan fingerprint density at radius 3 is 2.90 bits per heavy atom. The van der Waals surface area contributed by atoms with Gasteiger partial charge in [0.15, 0.2) is 0 Å². The molecule has 2 atom stereocenters. The van der Waals surface area contributed by atoms with Crippen molar-refractivity contribution in [3.05, 3.63) is 53.2 Å². The zero-order valence-electron chi connectivity index (χ0n) is 11.1. The molecule has 0 saturated heterocycles. The van der Waals surface area contributed by atoms with Crippen molar-refractivity contribution in [1.29, 1.82) is 0 Å². The summed E-state index contributed by atoms with van der Waals surface area (Å²) in [6.07, 6.45) is 1.74. The van der Waals surface area contributed by atoms with Gasteiger partial charge in [-0.1, -0.05) is 23.7 Å². The minimum Gasteiger partial charge on any atom is -0.446 e. The lowest BCUT2D eigenvalue weighted by Crippen LogP contribution is -2.14. The molecule has 0 bridgehead atoms. The Morgan fingerprint density at radius 2 is 2.24 bits per heavy atom. The van der Waals surface area contributed by atoms with Crippen molar-refractivity contribution in [2.24, 2.45) is 5.73 Å². The minimum absolute atomic E-state index is 0.115. The molecule has 1 aliphatic rings. The Hall–Kier alpha value is -2.27. The SMILES string of the molecule is NC(=O)OC1CC1c1ccc(Nc2cccc(Cl)c2)nc1. The van der Waals surface area contributed by atoms with Gasteiger partial charge in [-0.2, -0.15) is 0 Å². The topological polar surface area (TPSA) is 77.2 Å². The zero-order valence-corrected chi connectivity index (χ0v) is 11.9. The Labute approximate surface area is 127 Å². The number of anilines is 2. The first-order valence-corrected chi connectivity index (χ1v) is 6.94. The monoisotopic (exact) mass is 303 g/mol. The Kier molecular flexibility index (Phi) is 3.66. The molecule has 1 amide bonds. The summed E-state index contributed by atoms with van der Waals surface area (Å²) in [5, 5.41) is 3.84. The maximum absolute atomic E-state index is 10.7. The number of aromatic nitrogens is 1. The highest BCUT2D eigenvalue weighted by Gasteiger charge is 2.41. The molecular weight excluding hydrogens is 290 g/mol. The van der Waals surface area contributed by atoms with E-state index in [9.17, 15) is 4.79 Å². The number of benzene rings is 1. The van der Waals surface area contributed by atoms with E-state index in [1.807, 2.05) is 36.4 Å². The van der Waals surface area contributed by atoms with E-state index >= 15 is 0 Å². The second kappa shape index (κ2) is 5.61. The lowest BCUT2D eigenvalue weighted by Gasteiger charge is -2.07. The molecule has 6 heteroatoms. The first-order chi connectivity index (χ1) is 10.1. The van der Waals surface area contributed by atoms with Crippen LogP contribution in [0.15, 0.2) is 42.6 Å². The first kappa shape index (κ1) is 13.7. The number of nitrogens with one attached hydrogen (secondary N) is 1. The summed E-state index contributed by atoms with van der Waals surface area (Å²) in [7, 11) is 0. The number of nitrogens with two attached hydrogens (primary N) is 1. The molecule has 0 aliphatic heterocycles. The van der Waals surface area contributed by atoms with Crippen LogP contribution in [-0.4, -0.2) is 17.2 Å². The summed E-state index contributed by atoms with van der Waals surface area (Å²) in [4.78, 5) is 15.0. The molecule has 1 aliphatic carbocycles. The quantitative estimate of drug-likeness (QED) is 0.907. The molecule has 108 valence electrons. The standard InChI is InChI=1S/C15H14ClN3O2/c16-10-2-1-3-11(6-10)19-14-5-4-9(8-18-14)12-7-13(12)21-15(17)20/h1-6,8,12-13H,7H2,(H2,17,20)(H,18,19). The number of rotatable bonds is 4. The maximum Gasteiger partial charge on any atom is 0.404 e. The predicted octanol–water partition coefficient (Wildman–Crippen LogP) is 3.43. The lowest BCUT2D eigenvalue weighted by atomic mass is 10.2. The third kappa shape index (κ3) is 3.44. The van der Waals surface area contributed by atoms with Crippen molar-refractivity contribution in [3.8, 4) is 0 Å². The molecule has 1 aromatic carbocycles. The van der Waals surface area contributed by atoms with Gasteiger partial charge in [0, 0.05) is 22.8 Å². The van der Waals surface area contributed by atoms with Crippen molar-refractivity contribution in [2.45, 2.75) is 18.4 Å². The Morgan fingerprint density at radius 1 is 1.38 bits per heavy atom. The fraction of sp³-hybridized carbons (Fsp3) is 0.200. The fourth-order valence-corrected chi connectivity index (χ4v) is 2.40. The molecule has 1 fully saturated rings. The molecular formula is C15H14ClN3O2. The average molecular weight is 304 g/mol. The van der Waals surface area contributed by atoms with Crippen molar-refractivity contribution in [1.82, 2.24) is 4.98 Å². The van der Waals surface area contributed by atoms with Crippen LogP contribution < -0.4 is 11.1 Å². The average Bonchev–Trinajstić information content (AvgIpc) is 3.18. The molecule has 3 N–H and O–H groups in total. The maximum atomic E-state index is 10.7. The summed E-state index contributed by atoms with van der Waals surface area (Å²) in [6, 6.07) is 11.3. The Bertz CT molecular complexity index is 660. The normalized spacial score (nSPS) is 19.9. The molecule has 1 aromatic heterocycles. The van der Waals surface area contributed by atoms with Gasteiger partial charge in [0.25, 0.3) is 0 Å². The van der Waals surface area contributed by atoms with E-state index in [2.05, 4.69) is 10.3 Å². The highest BCUT2D eigenvalue weighted by molar-refractivity contribution is 6.30. The smallest absolute Gasteiger partial charge is 0.404 e. The van der Waals surface area contributed by atoms with Gasteiger partial charge in [-0.25, -0.2) is 9.78 Å². The van der Waals surface area contributed by atoms with Crippen LogP contribution in [0.5, 0.6) is 0 Å². The summed E-state index contributed by atoms with van der Waals surface area (Å²) >= 11 is 5.93. The van der Waals surface area contributed by atoms with Crippen LogP contribution in [0, 0.1) is 0 Å². The highest BCUT2D eigenvalue weighted by Crippen LogP contribution is 2.43. The third-order valence-electron chi connectivity index (χ3n) is 3.31. The van der Waals surface area contributed by atoms with E-state index in [-0.39, 0.29) is 12.0 Å². The van der Waals surface area contributed by atoms with Crippen LogP contribution in [0.1, 0.15) is 17.9 Å². The van der Waals surface area contributed by atoms with Gasteiger partial charge in [0.1, 0.15) is 11.9 Å². The number of carbonyl (C=O) groups excluding carboxylic acids is 1. The lowest BCUT2D eigenvalue weighted by molar-refractivity contribution is 0.147. The van der Waals surface area contributed by atoms with Gasteiger partial charge in [0.05, 0.1) is 0 Å². The highest BCUT2D eigenvalue weighted by atomic mass is 35.5. The predicted molar refractivity (Wildman–Crippen MR) is 80.8 cm³/mol. The summed E-state index contributed by atoms with van der Waals surface area (Å²) < 4.78 is 4.95. The fourth-order valence-electron chi connectivity index (χ4n) is 2.21. The van der Waals surface area contributed by atoms with Crippen LogP contribution in [0.3, 0.4) is 0 Å². The van der Waals surface area contributed by atoms with E-state index in [1.165, 1.54) is 0 Å². The largest absolute Gasteiger partial charge is 0.446 e. The molecule has 21 heavy (non-hydrogen) atoms.